The maximum absolute atomic E-state index is 5.14. The molecule has 27 heavy (non-hydrogen) atoms. The van der Waals surface area contributed by atoms with E-state index >= 15 is 0 Å². The minimum absolute atomic E-state index is 0.627. The number of benzene rings is 2. The SMILES string of the molecule is CCN(Cc1ccccc1)c1cc(NCCOC)nc(-c2ccccc2)n1. The Hall–Kier alpha value is -2.92. The molecule has 140 valence electrons. The van der Waals surface area contributed by atoms with Crippen LogP contribution in [0, 0.1) is 0 Å². The fourth-order valence-electron chi connectivity index (χ4n) is 2.84. The van der Waals surface area contributed by atoms with Crippen LogP contribution >= 0.6 is 0 Å². The van der Waals surface area contributed by atoms with Crippen molar-refractivity contribution in [2.24, 2.45) is 0 Å². The summed E-state index contributed by atoms with van der Waals surface area (Å²) in [5, 5.41) is 3.34. The lowest BCUT2D eigenvalue weighted by molar-refractivity contribution is 0.210. The standard InChI is InChI=1S/C22H26N4O/c1-3-26(17-18-10-6-4-7-11-18)21-16-20(23-14-15-27-2)24-22(25-21)19-12-8-5-9-13-19/h4-13,16H,3,14-15,17H2,1-2H3,(H,23,24,25). The molecule has 0 amide bonds. The smallest absolute Gasteiger partial charge is 0.163 e. The van der Waals surface area contributed by atoms with Crippen molar-refractivity contribution in [1.29, 1.82) is 0 Å². The van der Waals surface area contributed by atoms with Crippen LogP contribution in [0.5, 0.6) is 0 Å². The molecule has 2 aromatic carbocycles. The van der Waals surface area contributed by atoms with Crippen LogP contribution < -0.4 is 10.2 Å². The fourth-order valence-corrected chi connectivity index (χ4v) is 2.84. The van der Waals surface area contributed by atoms with E-state index in [0.29, 0.717) is 13.2 Å². The van der Waals surface area contributed by atoms with Crippen molar-refractivity contribution in [3.8, 4) is 11.4 Å². The van der Waals surface area contributed by atoms with Crippen molar-refractivity contribution in [2.45, 2.75) is 13.5 Å². The molecule has 0 unspecified atom stereocenters. The molecule has 0 saturated carbocycles. The first-order chi connectivity index (χ1) is 13.3. The zero-order chi connectivity index (χ0) is 18.9. The highest BCUT2D eigenvalue weighted by Gasteiger charge is 2.12. The Morgan fingerprint density at radius 2 is 1.67 bits per heavy atom. The largest absolute Gasteiger partial charge is 0.383 e. The van der Waals surface area contributed by atoms with E-state index in [-0.39, 0.29) is 0 Å². The lowest BCUT2D eigenvalue weighted by Crippen LogP contribution is -2.24. The minimum atomic E-state index is 0.627. The molecule has 1 heterocycles. The van der Waals surface area contributed by atoms with Crippen molar-refractivity contribution >= 4 is 11.6 Å². The summed E-state index contributed by atoms with van der Waals surface area (Å²) >= 11 is 0. The Morgan fingerprint density at radius 1 is 0.963 bits per heavy atom. The molecule has 0 aliphatic rings. The average molecular weight is 362 g/mol. The van der Waals surface area contributed by atoms with Gasteiger partial charge in [-0.3, -0.25) is 0 Å². The van der Waals surface area contributed by atoms with Gasteiger partial charge in [-0.2, -0.15) is 0 Å². The Kier molecular flexibility index (Phi) is 6.77. The molecular weight excluding hydrogens is 336 g/mol. The zero-order valence-electron chi connectivity index (χ0n) is 15.9. The number of aromatic nitrogens is 2. The number of hydrogen-bond acceptors (Lipinski definition) is 5. The number of ether oxygens (including phenoxy) is 1. The number of methoxy groups -OCH3 is 1. The zero-order valence-corrected chi connectivity index (χ0v) is 15.9. The van der Waals surface area contributed by atoms with Crippen LogP contribution in [0.3, 0.4) is 0 Å². The fraction of sp³-hybridized carbons (Fsp3) is 0.273. The topological polar surface area (TPSA) is 50.3 Å². The van der Waals surface area contributed by atoms with E-state index in [1.807, 2.05) is 42.5 Å². The summed E-state index contributed by atoms with van der Waals surface area (Å²) in [6.07, 6.45) is 0. The third-order valence-corrected chi connectivity index (χ3v) is 4.28. The van der Waals surface area contributed by atoms with Crippen molar-refractivity contribution in [3.63, 3.8) is 0 Å². The van der Waals surface area contributed by atoms with Crippen molar-refractivity contribution in [3.05, 3.63) is 72.3 Å². The van der Waals surface area contributed by atoms with E-state index < -0.39 is 0 Å². The molecule has 1 N–H and O–H groups in total. The van der Waals surface area contributed by atoms with Gasteiger partial charge in [0, 0.05) is 38.4 Å². The molecule has 5 nitrogen and oxygen atoms in total. The molecule has 0 aliphatic carbocycles. The highest BCUT2D eigenvalue weighted by atomic mass is 16.5. The lowest BCUT2D eigenvalue weighted by atomic mass is 10.2. The number of nitrogens with one attached hydrogen (secondary N) is 1. The van der Waals surface area contributed by atoms with E-state index in [4.69, 9.17) is 14.7 Å². The van der Waals surface area contributed by atoms with Gasteiger partial charge < -0.3 is 15.0 Å². The summed E-state index contributed by atoms with van der Waals surface area (Å²) in [7, 11) is 1.70. The summed E-state index contributed by atoms with van der Waals surface area (Å²) in [6.45, 7) is 5.14. The van der Waals surface area contributed by atoms with Gasteiger partial charge in [-0.25, -0.2) is 9.97 Å². The second kappa shape index (κ2) is 9.69. The molecule has 5 heteroatoms. The first-order valence-electron chi connectivity index (χ1n) is 9.26. The highest BCUT2D eigenvalue weighted by Crippen LogP contribution is 2.23. The van der Waals surface area contributed by atoms with E-state index in [9.17, 15) is 0 Å². The Labute approximate surface area is 161 Å². The second-order valence-electron chi connectivity index (χ2n) is 6.22. The van der Waals surface area contributed by atoms with E-state index in [1.165, 1.54) is 5.56 Å². The average Bonchev–Trinajstić information content (AvgIpc) is 2.73. The van der Waals surface area contributed by atoms with Gasteiger partial charge in [-0.1, -0.05) is 60.7 Å². The quantitative estimate of drug-likeness (QED) is 0.577. The summed E-state index contributed by atoms with van der Waals surface area (Å²) in [6, 6.07) is 22.5. The van der Waals surface area contributed by atoms with Crippen LogP contribution in [-0.2, 0) is 11.3 Å². The molecule has 0 bridgehead atoms. The van der Waals surface area contributed by atoms with Crippen LogP contribution in [0.15, 0.2) is 66.7 Å². The number of nitrogens with zero attached hydrogens (tertiary/aromatic N) is 3. The minimum Gasteiger partial charge on any atom is -0.383 e. The van der Waals surface area contributed by atoms with Crippen LogP contribution in [0.1, 0.15) is 12.5 Å². The van der Waals surface area contributed by atoms with Crippen molar-refractivity contribution in [2.75, 3.05) is 37.0 Å². The predicted octanol–water partition coefficient (Wildman–Crippen LogP) is 4.23. The van der Waals surface area contributed by atoms with Crippen molar-refractivity contribution in [1.82, 2.24) is 9.97 Å². The molecule has 1 aromatic heterocycles. The van der Waals surface area contributed by atoms with Gasteiger partial charge in [0.15, 0.2) is 5.82 Å². The second-order valence-corrected chi connectivity index (χ2v) is 6.22. The third kappa shape index (κ3) is 5.28. The number of rotatable bonds is 9. The Balaban J connectivity index is 1.92. The number of hydrogen-bond donors (Lipinski definition) is 1. The molecule has 3 rings (SSSR count). The molecule has 3 aromatic rings. The molecule has 0 fully saturated rings. The normalized spacial score (nSPS) is 10.6. The van der Waals surface area contributed by atoms with Crippen LogP contribution in [-0.4, -0.2) is 36.8 Å². The van der Waals surface area contributed by atoms with Gasteiger partial charge in [-0.05, 0) is 12.5 Å². The number of anilines is 2. The maximum Gasteiger partial charge on any atom is 0.163 e. The first-order valence-corrected chi connectivity index (χ1v) is 9.26. The van der Waals surface area contributed by atoms with Gasteiger partial charge in [0.1, 0.15) is 11.6 Å². The van der Waals surface area contributed by atoms with Gasteiger partial charge >= 0.3 is 0 Å². The monoisotopic (exact) mass is 362 g/mol. The third-order valence-electron chi connectivity index (χ3n) is 4.28. The Bertz CT molecular complexity index is 824. The summed E-state index contributed by atoms with van der Waals surface area (Å²) in [5.41, 5.74) is 2.26. The van der Waals surface area contributed by atoms with Gasteiger partial charge in [0.05, 0.1) is 6.61 Å². The Morgan fingerprint density at radius 3 is 2.33 bits per heavy atom. The lowest BCUT2D eigenvalue weighted by Gasteiger charge is -2.23. The first kappa shape index (κ1) is 18.9. The summed E-state index contributed by atoms with van der Waals surface area (Å²) in [4.78, 5) is 11.8. The van der Waals surface area contributed by atoms with Crippen LogP contribution in [0.2, 0.25) is 0 Å². The van der Waals surface area contributed by atoms with Crippen LogP contribution in [0.25, 0.3) is 11.4 Å². The van der Waals surface area contributed by atoms with Crippen LogP contribution in [0.4, 0.5) is 11.6 Å². The molecule has 0 spiro atoms. The van der Waals surface area contributed by atoms with Gasteiger partial charge in [-0.15, -0.1) is 0 Å². The predicted molar refractivity (Wildman–Crippen MR) is 111 cm³/mol. The van der Waals surface area contributed by atoms with Crippen molar-refractivity contribution < 1.29 is 4.74 Å². The van der Waals surface area contributed by atoms with Gasteiger partial charge in [0.2, 0.25) is 0 Å². The van der Waals surface area contributed by atoms with Gasteiger partial charge in [0.25, 0.3) is 0 Å². The molecular formula is C22H26N4O. The molecule has 0 atom stereocenters. The summed E-state index contributed by atoms with van der Waals surface area (Å²) < 4.78 is 5.14. The molecule has 0 radical (unpaired) electrons. The van der Waals surface area contributed by atoms with E-state index in [2.05, 4.69) is 41.4 Å². The van der Waals surface area contributed by atoms with E-state index in [1.54, 1.807) is 7.11 Å². The van der Waals surface area contributed by atoms with E-state index in [0.717, 1.165) is 36.1 Å². The summed E-state index contributed by atoms with van der Waals surface area (Å²) in [5.74, 6) is 2.44. The molecule has 0 aliphatic heterocycles. The highest BCUT2D eigenvalue weighted by molar-refractivity contribution is 5.61. The molecule has 0 saturated heterocycles. The maximum atomic E-state index is 5.14.